The van der Waals surface area contributed by atoms with Gasteiger partial charge in [-0.25, -0.2) is 4.98 Å². The van der Waals surface area contributed by atoms with Crippen LogP contribution in [0.2, 0.25) is 0 Å². The van der Waals surface area contributed by atoms with Gasteiger partial charge in [0.15, 0.2) is 0 Å². The molecule has 18 heavy (non-hydrogen) atoms. The third-order valence-corrected chi connectivity index (χ3v) is 3.80. The minimum Gasteiger partial charge on any atom is -0.468 e. The normalized spacial score (nSPS) is 14.6. The standard InChI is InChI=1S/C13H22N2O2S/c1-7(2)11(13(16)17-6)14-8(3)12-9(4)18-10(5)15-12/h7-8,11,14H,1-6H3/t8?,11-/m0/s1. The number of thiazole rings is 1. The van der Waals surface area contributed by atoms with Crippen molar-refractivity contribution < 1.29 is 9.53 Å². The Bertz CT molecular complexity index is 415. The van der Waals surface area contributed by atoms with Gasteiger partial charge in [-0.1, -0.05) is 13.8 Å². The first-order chi connectivity index (χ1) is 8.36. The van der Waals surface area contributed by atoms with Crippen molar-refractivity contribution in [2.75, 3.05) is 7.11 Å². The highest BCUT2D eigenvalue weighted by Gasteiger charge is 2.26. The fraction of sp³-hybridized carbons (Fsp3) is 0.692. The maximum absolute atomic E-state index is 11.7. The molecule has 0 radical (unpaired) electrons. The van der Waals surface area contributed by atoms with Crippen molar-refractivity contribution in [2.45, 2.75) is 46.7 Å². The van der Waals surface area contributed by atoms with E-state index in [9.17, 15) is 4.79 Å². The molecule has 0 spiro atoms. The molecular formula is C13H22N2O2S. The van der Waals surface area contributed by atoms with Crippen LogP contribution in [0.25, 0.3) is 0 Å². The Balaban J connectivity index is 2.81. The monoisotopic (exact) mass is 270 g/mol. The average molecular weight is 270 g/mol. The van der Waals surface area contributed by atoms with E-state index in [1.54, 1.807) is 11.3 Å². The van der Waals surface area contributed by atoms with Gasteiger partial charge in [-0.2, -0.15) is 0 Å². The topological polar surface area (TPSA) is 51.2 Å². The van der Waals surface area contributed by atoms with E-state index < -0.39 is 0 Å². The summed E-state index contributed by atoms with van der Waals surface area (Å²) in [6, 6.07) is -0.257. The van der Waals surface area contributed by atoms with Gasteiger partial charge in [-0.3, -0.25) is 10.1 Å². The predicted octanol–water partition coefficient (Wildman–Crippen LogP) is 2.61. The van der Waals surface area contributed by atoms with Crippen molar-refractivity contribution in [1.82, 2.24) is 10.3 Å². The van der Waals surface area contributed by atoms with E-state index in [0.29, 0.717) is 0 Å². The summed E-state index contributed by atoms with van der Waals surface area (Å²) in [5, 5.41) is 4.36. The maximum Gasteiger partial charge on any atom is 0.323 e. The lowest BCUT2D eigenvalue weighted by Crippen LogP contribution is -2.43. The zero-order valence-corrected chi connectivity index (χ0v) is 12.7. The molecule has 0 saturated heterocycles. The van der Waals surface area contributed by atoms with E-state index in [1.165, 1.54) is 12.0 Å². The minimum atomic E-state index is -0.300. The van der Waals surface area contributed by atoms with Gasteiger partial charge in [0, 0.05) is 10.9 Å². The Kier molecular flexibility index (Phi) is 5.28. The number of carbonyl (C=O) groups is 1. The van der Waals surface area contributed by atoms with Crippen LogP contribution in [0.3, 0.4) is 0 Å². The first-order valence-electron chi connectivity index (χ1n) is 6.14. The smallest absolute Gasteiger partial charge is 0.323 e. The number of aromatic nitrogens is 1. The summed E-state index contributed by atoms with van der Waals surface area (Å²) < 4.78 is 4.83. The first kappa shape index (κ1) is 15.1. The molecule has 0 aliphatic heterocycles. The number of esters is 1. The number of ether oxygens (including phenoxy) is 1. The molecule has 1 heterocycles. The number of hydrogen-bond acceptors (Lipinski definition) is 5. The van der Waals surface area contributed by atoms with Crippen LogP contribution in [0, 0.1) is 19.8 Å². The second-order valence-corrected chi connectivity index (χ2v) is 6.21. The lowest BCUT2D eigenvalue weighted by molar-refractivity contribution is -0.144. The molecule has 0 aliphatic rings. The molecule has 1 N–H and O–H groups in total. The Morgan fingerprint density at radius 3 is 2.33 bits per heavy atom. The van der Waals surface area contributed by atoms with Crippen LogP contribution in [-0.4, -0.2) is 24.1 Å². The van der Waals surface area contributed by atoms with Gasteiger partial charge in [0.1, 0.15) is 6.04 Å². The molecule has 4 nitrogen and oxygen atoms in total. The van der Waals surface area contributed by atoms with Gasteiger partial charge in [0.05, 0.1) is 17.8 Å². The highest BCUT2D eigenvalue weighted by atomic mass is 32.1. The molecule has 1 aromatic rings. The highest BCUT2D eigenvalue weighted by Crippen LogP contribution is 2.23. The molecule has 1 unspecified atom stereocenters. The number of nitrogens with zero attached hydrogens (tertiary/aromatic N) is 1. The predicted molar refractivity (Wildman–Crippen MR) is 73.8 cm³/mol. The van der Waals surface area contributed by atoms with Crippen molar-refractivity contribution in [3.8, 4) is 0 Å². The number of methoxy groups -OCH3 is 1. The first-order valence-corrected chi connectivity index (χ1v) is 6.96. The van der Waals surface area contributed by atoms with Gasteiger partial charge >= 0.3 is 5.97 Å². The molecule has 0 bridgehead atoms. The van der Waals surface area contributed by atoms with Crippen LogP contribution in [0.4, 0.5) is 0 Å². The number of aryl methyl sites for hydroxylation is 2. The van der Waals surface area contributed by atoms with E-state index in [-0.39, 0.29) is 24.0 Å². The summed E-state index contributed by atoms with van der Waals surface area (Å²) in [4.78, 5) is 17.4. The molecular weight excluding hydrogens is 248 g/mol. The zero-order chi connectivity index (χ0) is 13.9. The van der Waals surface area contributed by atoms with Gasteiger partial charge in [-0.15, -0.1) is 11.3 Å². The molecule has 2 atom stereocenters. The quantitative estimate of drug-likeness (QED) is 0.836. The molecule has 5 heteroatoms. The van der Waals surface area contributed by atoms with Crippen LogP contribution in [0.5, 0.6) is 0 Å². The van der Waals surface area contributed by atoms with Crippen LogP contribution in [-0.2, 0) is 9.53 Å². The van der Waals surface area contributed by atoms with Gasteiger partial charge in [0.25, 0.3) is 0 Å². The summed E-state index contributed by atoms with van der Waals surface area (Å²) in [5.41, 5.74) is 1.02. The summed E-state index contributed by atoms with van der Waals surface area (Å²) in [5.74, 6) is -0.0404. The van der Waals surface area contributed by atoms with Gasteiger partial charge in [0.2, 0.25) is 0 Å². The van der Waals surface area contributed by atoms with Crippen LogP contribution in [0.15, 0.2) is 0 Å². The Morgan fingerprint density at radius 1 is 1.33 bits per heavy atom. The second kappa shape index (κ2) is 6.29. The molecule has 0 saturated carbocycles. The Morgan fingerprint density at radius 2 is 1.94 bits per heavy atom. The Hall–Kier alpha value is -0.940. The largest absolute Gasteiger partial charge is 0.468 e. The molecule has 102 valence electrons. The number of carbonyl (C=O) groups excluding carboxylic acids is 1. The van der Waals surface area contributed by atoms with E-state index in [1.807, 2.05) is 27.7 Å². The average Bonchev–Trinajstić information content (AvgIpc) is 2.63. The Labute approximate surface area is 113 Å². The third-order valence-electron chi connectivity index (χ3n) is 2.90. The van der Waals surface area contributed by atoms with E-state index in [4.69, 9.17) is 4.74 Å². The summed E-state index contributed by atoms with van der Waals surface area (Å²) in [6.07, 6.45) is 0. The van der Waals surface area contributed by atoms with E-state index >= 15 is 0 Å². The van der Waals surface area contributed by atoms with E-state index in [0.717, 1.165) is 10.7 Å². The second-order valence-electron chi connectivity index (χ2n) is 4.81. The fourth-order valence-electron chi connectivity index (χ4n) is 1.95. The van der Waals surface area contributed by atoms with Crippen molar-refractivity contribution in [3.05, 3.63) is 15.6 Å². The number of hydrogen-bond donors (Lipinski definition) is 1. The lowest BCUT2D eigenvalue weighted by Gasteiger charge is -2.23. The summed E-state index contributed by atoms with van der Waals surface area (Å²) in [6.45, 7) is 10.1. The zero-order valence-electron chi connectivity index (χ0n) is 11.9. The molecule has 0 aromatic carbocycles. The molecule has 0 amide bonds. The van der Waals surface area contributed by atoms with Crippen LogP contribution in [0.1, 0.15) is 42.4 Å². The number of nitrogens with one attached hydrogen (secondary N) is 1. The van der Waals surface area contributed by atoms with E-state index in [2.05, 4.69) is 17.2 Å². The van der Waals surface area contributed by atoms with Gasteiger partial charge in [-0.05, 0) is 26.7 Å². The fourth-order valence-corrected chi connectivity index (χ4v) is 2.87. The molecule has 0 fully saturated rings. The summed E-state index contributed by atoms with van der Waals surface area (Å²) in [7, 11) is 1.42. The highest BCUT2D eigenvalue weighted by molar-refractivity contribution is 7.11. The van der Waals surface area contributed by atoms with Crippen molar-refractivity contribution in [1.29, 1.82) is 0 Å². The van der Waals surface area contributed by atoms with Crippen molar-refractivity contribution >= 4 is 17.3 Å². The van der Waals surface area contributed by atoms with Crippen LogP contribution < -0.4 is 5.32 Å². The SMILES string of the molecule is COC(=O)[C@@H](NC(C)c1nc(C)sc1C)C(C)C. The maximum atomic E-state index is 11.7. The summed E-state index contributed by atoms with van der Waals surface area (Å²) >= 11 is 1.68. The molecule has 1 rings (SSSR count). The van der Waals surface area contributed by atoms with Crippen molar-refractivity contribution in [2.24, 2.45) is 5.92 Å². The number of rotatable bonds is 5. The molecule has 0 aliphatic carbocycles. The van der Waals surface area contributed by atoms with Gasteiger partial charge < -0.3 is 4.74 Å². The molecule has 1 aromatic heterocycles. The minimum absolute atomic E-state index is 0.0430. The van der Waals surface area contributed by atoms with Crippen molar-refractivity contribution in [3.63, 3.8) is 0 Å². The lowest BCUT2D eigenvalue weighted by atomic mass is 10.0. The third kappa shape index (κ3) is 3.53. The van der Waals surface area contributed by atoms with Crippen LogP contribution >= 0.6 is 11.3 Å².